The van der Waals surface area contributed by atoms with Crippen molar-refractivity contribution in [1.82, 2.24) is 4.90 Å². The van der Waals surface area contributed by atoms with Crippen molar-refractivity contribution in [3.63, 3.8) is 0 Å². The van der Waals surface area contributed by atoms with Crippen molar-refractivity contribution >= 4 is 5.91 Å². The van der Waals surface area contributed by atoms with Crippen LogP contribution in [0.1, 0.15) is 19.4 Å². The molecule has 0 unspecified atom stereocenters. The lowest BCUT2D eigenvalue weighted by Crippen LogP contribution is -2.34. The molecule has 0 saturated carbocycles. The molecule has 3 rings (SSSR count). The molecule has 5 heteroatoms. The second-order valence-corrected chi connectivity index (χ2v) is 4.80. The van der Waals surface area contributed by atoms with E-state index in [9.17, 15) is 9.90 Å². The van der Waals surface area contributed by atoms with Gasteiger partial charge >= 0.3 is 0 Å². The van der Waals surface area contributed by atoms with E-state index in [-0.39, 0.29) is 12.7 Å². The molecule has 1 aromatic rings. The highest BCUT2D eigenvalue weighted by Crippen LogP contribution is 2.34. The van der Waals surface area contributed by atoms with E-state index >= 15 is 0 Å². The summed E-state index contributed by atoms with van der Waals surface area (Å²) in [4.78, 5) is 13.5. The second-order valence-electron chi connectivity index (χ2n) is 4.80. The van der Waals surface area contributed by atoms with E-state index in [0.29, 0.717) is 29.2 Å². The van der Waals surface area contributed by atoms with Gasteiger partial charge in [-0.2, -0.15) is 0 Å². The van der Waals surface area contributed by atoms with Crippen molar-refractivity contribution in [2.24, 2.45) is 0 Å². The molecule has 0 radical (unpaired) electrons. The predicted molar refractivity (Wildman–Crippen MR) is 67.5 cm³/mol. The molecule has 100 valence electrons. The number of nitrogens with zero attached hydrogens (tertiary/aromatic N) is 1. The molecule has 0 fully saturated rings. The molecule has 0 aromatic heterocycles. The van der Waals surface area contributed by atoms with Crippen LogP contribution in [-0.2, 0) is 11.3 Å². The van der Waals surface area contributed by atoms with Crippen molar-refractivity contribution in [2.45, 2.75) is 26.6 Å². The van der Waals surface area contributed by atoms with Gasteiger partial charge < -0.3 is 19.5 Å². The van der Waals surface area contributed by atoms with E-state index in [1.807, 2.05) is 18.2 Å². The minimum atomic E-state index is -0.835. The highest BCUT2D eigenvalue weighted by molar-refractivity contribution is 5.96. The Morgan fingerprint density at radius 2 is 2.05 bits per heavy atom. The normalized spacial score (nSPS) is 21.5. The van der Waals surface area contributed by atoms with Crippen LogP contribution in [0, 0.1) is 0 Å². The van der Waals surface area contributed by atoms with Gasteiger partial charge in [0.2, 0.25) is 6.79 Å². The molecule has 2 aliphatic heterocycles. The smallest absolute Gasteiger partial charge is 0.252 e. The minimum Gasteiger partial charge on any atom is -0.454 e. The third kappa shape index (κ3) is 1.86. The van der Waals surface area contributed by atoms with Crippen LogP contribution in [0.25, 0.3) is 0 Å². The minimum absolute atomic E-state index is 0.123. The summed E-state index contributed by atoms with van der Waals surface area (Å²) in [7, 11) is 0. The molecule has 0 spiro atoms. The van der Waals surface area contributed by atoms with Gasteiger partial charge in [-0.15, -0.1) is 0 Å². The summed E-state index contributed by atoms with van der Waals surface area (Å²) in [6, 6.07) is 5.53. The zero-order chi connectivity index (χ0) is 13.6. The van der Waals surface area contributed by atoms with Crippen LogP contribution in [0.2, 0.25) is 0 Å². The van der Waals surface area contributed by atoms with E-state index in [0.717, 1.165) is 5.56 Å². The third-order valence-corrected chi connectivity index (χ3v) is 3.65. The number of rotatable bonds is 2. The SMILES string of the molecule is CC1=C(C)[C@H](O)N(Cc2ccc3c(c2)OCO3)C1=O. The molecular weight excluding hydrogens is 246 g/mol. The van der Waals surface area contributed by atoms with E-state index in [4.69, 9.17) is 9.47 Å². The largest absolute Gasteiger partial charge is 0.454 e. The quantitative estimate of drug-likeness (QED) is 0.874. The molecule has 0 saturated heterocycles. The summed E-state index contributed by atoms with van der Waals surface area (Å²) in [5.41, 5.74) is 2.23. The summed E-state index contributed by atoms with van der Waals surface area (Å²) in [5, 5.41) is 10.0. The molecule has 0 aliphatic carbocycles. The number of hydrogen-bond donors (Lipinski definition) is 1. The number of ether oxygens (including phenoxy) is 2. The molecule has 0 bridgehead atoms. The first-order valence-corrected chi connectivity index (χ1v) is 6.13. The first kappa shape index (κ1) is 12.0. The Morgan fingerprint density at radius 3 is 2.74 bits per heavy atom. The van der Waals surface area contributed by atoms with Gasteiger partial charge in [0, 0.05) is 12.1 Å². The lowest BCUT2D eigenvalue weighted by molar-refractivity contribution is -0.132. The fraction of sp³-hybridized carbons (Fsp3) is 0.357. The number of amides is 1. The zero-order valence-corrected chi connectivity index (χ0v) is 10.8. The van der Waals surface area contributed by atoms with Crippen molar-refractivity contribution in [2.75, 3.05) is 6.79 Å². The summed E-state index contributed by atoms with van der Waals surface area (Å²) < 4.78 is 10.5. The van der Waals surface area contributed by atoms with Gasteiger partial charge in [-0.1, -0.05) is 6.07 Å². The molecule has 2 aliphatic rings. The maximum atomic E-state index is 12.0. The monoisotopic (exact) mass is 261 g/mol. The van der Waals surface area contributed by atoms with E-state index in [1.165, 1.54) is 4.90 Å². The summed E-state index contributed by atoms with van der Waals surface area (Å²) in [6.45, 7) is 4.09. The number of benzene rings is 1. The number of aliphatic hydroxyl groups is 1. The molecule has 2 heterocycles. The molecule has 1 N–H and O–H groups in total. The average Bonchev–Trinajstić information content (AvgIpc) is 2.94. The highest BCUT2D eigenvalue weighted by Gasteiger charge is 2.33. The third-order valence-electron chi connectivity index (χ3n) is 3.65. The second kappa shape index (κ2) is 4.28. The molecule has 1 aromatic carbocycles. The van der Waals surface area contributed by atoms with Crippen molar-refractivity contribution < 1.29 is 19.4 Å². The van der Waals surface area contributed by atoms with E-state index in [1.54, 1.807) is 13.8 Å². The first-order valence-electron chi connectivity index (χ1n) is 6.13. The number of fused-ring (bicyclic) bond motifs is 1. The molecular formula is C14H15NO4. The fourth-order valence-electron chi connectivity index (χ4n) is 2.32. The first-order chi connectivity index (χ1) is 9.08. The zero-order valence-electron chi connectivity index (χ0n) is 10.8. The van der Waals surface area contributed by atoms with Gasteiger partial charge in [0.1, 0.15) is 0 Å². The summed E-state index contributed by atoms with van der Waals surface area (Å²) >= 11 is 0. The standard InChI is InChI=1S/C14H15NO4/c1-8-9(2)14(17)15(13(8)16)6-10-3-4-11-12(5-10)19-7-18-11/h3-5,13,16H,6-7H2,1-2H3/t13-/m0/s1. The van der Waals surface area contributed by atoms with Crippen molar-refractivity contribution in [3.05, 3.63) is 34.9 Å². The van der Waals surface area contributed by atoms with Gasteiger partial charge in [0.25, 0.3) is 5.91 Å². The van der Waals surface area contributed by atoms with Crippen LogP contribution in [0.5, 0.6) is 11.5 Å². The Labute approximate surface area is 111 Å². The van der Waals surface area contributed by atoms with Gasteiger partial charge in [0.15, 0.2) is 17.7 Å². The molecule has 1 amide bonds. The number of carbonyl (C=O) groups excluding carboxylic acids is 1. The van der Waals surface area contributed by atoms with Gasteiger partial charge in [-0.3, -0.25) is 4.79 Å². The lowest BCUT2D eigenvalue weighted by Gasteiger charge is -2.22. The Bertz CT molecular complexity index is 579. The van der Waals surface area contributed by atoms with Gasteiger partial charge in [-0.25, -0.2) is 0 Å². The van der Waals surface area contributed by atoms with Crippen LogP contribution >= 0.6 is 0 Å². The molecule has 19 heavy (non-hydrogen) atoms. The average molecular weight is 261 g/mol. The fourth-order valence-corrected chi connectivity index (χ4v) is 2.32. The Morgan fingerprint density at radius 1 is 1.32 bits per heavy atom. The molecule has 5 nitrogen and oxygen atoms in total. The maximum absolute atomic E-state index is 12.0. The number of aliphatic hydroxyl groups excluding tert-OH is 1. The predicted octanol–water partition coefficient (Wildman–Crippen LogP) is 1.41. The van der Waals surface area contributed by atoms with Gasteiger partial charge in [0.05, 0.1) is 0 Å². The van der Waals surface area contributed by atoms with Crippen LogP contribution in [-0.4, -0.2) is 28.9 Å². The van der Waals surface area contributed by atoms with Crippen molar-refractivity contribution in [1.29, 1.82) is 0 Å². The summed E-state index contributed by atoms with van der Waals surface area (Å²) in [6.07, 6.45) is -0.835. The topological polar surface area (TPSA) is 59.0 Å². The number of carbonyl (C=O) groups is 1. The molecule has 1 atom stereocenters. The van der Waals surface area contributed by atoms with Crippen molar-refractivity contribution in [3.8, 4) is 11.5 Å². The summed E-state index contributed by atoms with van der Waals surface area (Å²) in [5.74, 6) is 1.27. The van der Waals surface area contributed by atoms with Crippen LogP contribution in [0.3, 0.4) is 0 Å². The Kier molecular flexibility index (Phi) is 2.71. The number of hydrogen-bond acceptors (Lipinski definition) is 4. The van der Waals surface area contributed by atoms with Crippen LogP contribution < -0.4 is 9.47 Å². The lowest BCUT2D eigenvalue weighted by atomic mass is 10.2. The van der Waals surface area contributed by atoms with Crippen LogP contribution in [0.15, 0.2) is 29.3 Å². The van der Waals surface area contributed by atoms with E-state index < -0.39 is 6.23 Å². The van der Waals surface area contributed by atoms with Crippen LogP contribution in [0.4, 0.5) is 0 Å². The van der Waals surface area contributed by atoms with Gasteiger partial charge in [-0.05, 0) is 37.1 Å². The Hall–Kier alpha value is -2.01. The van der Waals surface area contributed by atoms with E-state index in [2.05, 4.69) is 0 Å². The Balaban J connectivity index is 1.81. The highest BCUT2D eigenvalue weighted by atomic mass is 16.7. The maximum Gasteiger partial charge on any atom is 0.252 e.